The van der Waals surface area contributed by atoms with Crippen molar-refractivity contribution >= 4 is 22.1 Å². The molecule has 3 aromatic heterocycles. The minimum atomic E-state index is -4.55. The van der Waals surface area contributed by atoms with Crippen LogP contribution < -0.4 is 5.69 Å². The summed E-state index contributed by atoms with van der Waals surface area (Å²) in [7, 11) is 0. The van der Waals surface area contributed by atoms with E-state index in [4.69, 9.17) is 0 Å². The molecule has 0 aliphatic heterocycles. The Labute approximate surface area is 125 Å². The van der Waals surface area contributed by atoms with E-state index < -0.39 is 6.30 Å². The maximum atomic E-state index is 12.6. The minimum Gasteiger partial charge on any atom is -0.304 e. The largest absolute Gasteiger partial charge is 0.504 e. The van der Waals surface area contributed by atoms with Crippen LogP contribution in [0.4, 0.5) is 13.2 Å². The van der Waals surface area contributed by atoms with E-state index >= 15 is 0 Å². The van der Waals surface area contributed by atoms with Crippen molar-refractivity contribution in [2.75, 3.05) is 0 Å². The summed E-state index contributed by atoms with van der Waals surface area (Å²) in [6, 6.07) is 6.75. The van der Waals surface area contributed by atoms with Crippen LogP contribution in [-0.2, 0) is 6.30 Å². The number of hydrogen-bond donors (Lipinski definition) is 2. The predicted molar refractivity (Wildman–Crippen MR) is 76.7 cm³/mol. The van der Waals surface area contributed by atoms with E-state index in [0.29, 0.717) is 33.2 Å². The smallest absolute Gasteiger partial charge is 0.304 e. The molecular weight excluding hydrogens is 311 g/mol. The van der Waals surface area contributed by atoms with E-state index in [1.807, 2.05) is 0 Å². The molecule has 6 nitrogen and oxygen atoms in total. The third-order valence-corrected chi connectivity index (χ3v) is 3.47. The first kappa shape index (κ1) is 13.6. The first-order valence-electron chi connectivity index (χ1n) is 6.55. The summed E-state index contributed by atoms with van der Waals surface area (Å²) in [5, 5.41) is 4.02. The lowest BCUT2D eigenvalue weighted by atomic mass is 10.1. The number of aromatic amines is 2. The van der Waals surface area contributed by atoms with Crippen molar-refractivity contribution in [2.45, 2.75) is 6.30 Å². The molecule has 0 unspecified atom stereocenters. The van der Waals surface area contributed by atoms with Gasteiger partial charge in [-0.15, -0.1) is 13.2 Å². The summed E-state index contributed by atoms with van der Waals surface area (Å²) in [5.41, 5.74) is 2.14. The molecule has 4 rings (SSSR count). The number of fused-ring (bicyclic) bond motifs is 2. The molecule has 0 spiro atoms. The van der Waals surface area contributed by atoms with Crippen molar-refractivity contribution in [1.82, 2.24) is 24.7 Å². The fraction of sp³-hybridized carbons (Fsp3) is 0.0714. The predicted octanol–water partition coefficient (Wildman–Crippen LogP) is 2.74. The molecule has 0 saturated carbocycles. The second-order valence-corrected chi connectivity index (χ2v) is 5.01. The number of pyridine rings is 1. The molecule has 0 aliphatic rings. The standard InChI is InChI=1S/C14H8F3N5O/c15-14(16,17)22-6-9(5-18-22)7-1-2-10-8(3-7)4-11-12(19-10)21-13(23)20-11/h1-6H,(H2,19,20,21,23). The topological polar surface area (TPSA) is 79.4 Å². The highest BCUT2D eigenvalue weighted by molar-refractivity contribution is 5.91. The summed E-state index contributed by atoms with van der Waals surface area (Å²) < 4.78 is 37.8. The Morgan fingerprint density at radius 3 is 2.65 bits per heavy atom. The van der Waals surface area contributed by atoms with Crippen LogP contribution in [-0.4, -0.2) is 24.7 Å². The van der Waals surface area contributed by atoms with Crippen LogP contribution in [0, 0.1) is 0 Å². The summed E-state index contributed by atoms with van der Waals surface area (Å²) in [5.74, 6) is 0. The molecule has 4 aromatic rings. The van der Waals surface area contributed by atoms with Crippen molar-refractivity contribution in [3.05, 3.63) is 47.1 Å². The van der Waals surface area contributed by atoms with Gasteiger partial charge in [-0.2, -0.15) is 9.78 Å². The number of alkyl halides is 3. The number of nitrogens with one attached hydrogen (secondary N) is 2. The summed E-state index contributed by atoms with van der Waals surface area (Å²) in [6.07, 6.45) is -2.47. The number of benzene rings is 1. The second kappa shape index (κ2) is 4.45. The van der Waals surface area contributed by atoms with Crippen molar-refractivity contribution in [1.29, 1.82) is 0 Å². The van der Waals surface area contributed by atoms with Crippen LogP contribution in [0.15, 0.2) is 41.5 Å². The Morgan fingerprint density at radius 2 is 1.91 bits per heavy atom. The van der Waals surface area contributed by atoms with Crippen molar-refractivity contribution in [3.63, 3.8) is 0 Å². The maximum Gasteiger partial charge on any atom is 0.504 e. The molecule has 0 bridgehead atoms. The van der Waals surface area contributed by atoms with Gasteiger partial charge in [0.25, 0.3) is 0 Å². The number of halogens is 3. The van der Waals surface area contributed by atoms with Crippen molar-refractivity contribution in [3.8, 4) is 11.1 Å². The first-order valence-corrected chi connectivity index (χ1v) is 6.55. The van der Waals surface area contributed by atoms with Gasteiger partial charge in [0.05, 0.1) is 17.2 Å². The van der Waals surface area contributed by atoms with Crippen molar-refractivity contribution < 1.29 is 13.2 Å². The van der Waals surface area contributed by atoms with Crippen LogP contribution in [0.1, 0.15) is 0 Å². The van der Waals surface area contributed by atoms with E-state index in [0.717, 1.165) is 12.4 Å². The Hall–Kier alpha value is -3.10. The van der Waals surface area contributed by atoms with E-state index in [1.165, 1.54) is 0 Å². The van der Waals surface area contributed by atoms with E-state index in [9.17, 15) is 18.0 Å². The third kappa shape index (κ3) is 2.26. The van der Waals surface area contributed by atoms with Crippen molar-refractivity contribution in [2.24, 2.45) is 0 Å². The number of aromatic nitrogens is 5. The van der Waals surface area contributed by atoms with Gasteiger partial charge < -0.3 is 4.98 Å². The van der Waals surface area contributed by atoms with Gasteiger partial charge in [0.15, 0.2) is 5.65 Å². The molecule has 2 N–H and O–H groups in total. The van der Waals surface area contributed by atoms with Crippen LogP contribution >= 0.6 is 0 Å². The zero-order valence-corrected chi connectivity index (χ0v) is 11.3. The van der Waals surface area contributed by atoms with Gasteiger partial charge in [-0.05, 0) is 23.8 Å². The highest BCUT2D eigenvalue weighted by Crippen LogP contribution is 2.28. The fourth-order valence-electron chi connectivity index (χ4n) is 2.42. The molecule has 3 heterocycles. The average Bonchev–Trinajstić information content (AvgIpc) is 3.09. The molecule has 0 radical (unpaired) electrons. The number of nitrogens with zero attached hydrogens (tertiary/aromatic N) is 3. The molecule has 0 amide bonds. The lowest BCUT2D eigenvalue weighted by molar-refractivity contribution is -0.212. The lowest BCUT2D eigenvalue weighted by Gasteiger charge is -2.04. The third-order valence-electron chi connectivity index (χ3n) is 3.47. The zero-order valence-electron chi connectivity index (χ0n) is 11.3. The highest BCUT2D eigenvalue weighted by atomic mass is 19.4. The molecule has 1 aromatic carbocycles. The number of H-pyrrole nitrogens is 2. The van der Waals surface area contributed by atoms with Gasteiger partial charge in [0.1, 0.15) is 0 Å². The summed E-state index contributed by atoms with van der Waals surface area (Å²) in [4.78, 5) is 20.7. The molecule has 0 fully saturated rings. The monoisotopic (exact) mass is 319 g/mol. The average molecular weight is 319 g/mol. The van der Waals surface area contributed by atoms with Gasteiger partial charge in [-0.25, -0.2) is 9.78 Å². The summed E-state index contributed by atoms with van der Waals surface area (Å²) in [6.45, 7) is 0. The van der Waals surface area contributed by atoms with Gasteiger partial charge >= 0.3 is 12.0 Å². The summed E-state index contributed by atoms with van der Waals surface area (Å²) >= 11 is 0. The number of rotatable bonds is 1. The number of imidazole rings is 1. The zero-order chi connectivity index (χ0) is 16.2. The molecule has 9 heteroatoms. The molecule has 0 aliphatic carbocycles. The van der Waals surface area contributed by atoms with Crippen LogP contribution in [0.25, 0.3) is 33.2 Å². The molecule has 116 valence electrons. The Kier molecular flexibility index (Phi) is 2.62. The maximum absolute atomic E-state index is 12.6. The fourth-order valence-corrected chi connectivity index (χ4v) is 2.42. The van der Waals surface area contributed by atoms with Gasteiger partial charge in [0, 0.05) is 17.1 Å². The van der Waals surface area contributed by atoms with E-state index in [1.54, 1.807) is 24.3 Å². The number of hydrogen-bond acceptors (Lipinski definition) is 3. The molecule has 0 atom stereocenters. The van der Waals surface area contributed by atoms with E-state index in [-0.39, 0.29) is 10.4 Å². The Bertz CT molecular complexity index is 1090. The molecule has 0 saturated heterocycles. The van der Waals surface area contributed by atoms with Crippen LogP contribution in [0.2, 0.25) is 0 Å². The normalized spacial score (nSPS) is 12.3. The quantitative estimate of drug-likeness (QED) is 0.566. The SMILES string of the molecule is O=c1[nH]c2cc3cc(-c4cnn(C(F)(F)F)c4)ccc3nc2[nH]1. The Balaban J connectivity index is 1.86. The van der Waals surface area contributed by atoms with E-state index in [2.05, 4.69) is 20.1 Å². The van der Waals surface area contributed by atoms with Gasteiger partial charge in [0.2, 0.25) is 0 Å². The minimum absolute atomic E-state index is 0.0440. The second-order valence-electron chi connectivity index (χ2n) is 5.01. The van der Waals surface area contributed by atoms with Crippen LogP contribution in [0.5, 0.6) is 0 Å². The Morgan fingerprint density at radius 1 is 1.09 bits per heavy atom. The highest BCUT2D eigenvalue weighted by Gasteiger charge is 2.31. The molecular formula is C14H8F3N5O. The van der Waals surface area contributed by atoms with Crippen LogP contribution in [0.3, 0.4) is 0 Å². The molecule has 23 heavy (non-hydrogen) atoms. The van der Waals surface area contributed by atoms with Gasteiger partial charge in [-0.1, -0.05) is 6.07 Å². The lowest BCUT2D eigenvalue weighted by Crippen LogP contribution is -2.16. The van der Waals surface area contributed by atoms with Gasteiger partial charge in [-0.3, -0.25) is 4.98 Å². The first-order chi connectivity index (χ1) is 10.9.